The van der Waals surface area contributed by atoms with E-state index in [1.54, 1.807) is 0 Å². The first kappa shape index (κ1) is 17.8. The van der Waals surface area contributed by atoms with Gasteiger partial charge in [-0.15, -0.1) is 0 Å². The van der Waals surface area contributed by atoms with Crippen LogP contribution in [-0.2, 0) is 4.79 Å². The molecule has 1 fully saturated rings. The van der Waals surface area contributed by atoms with Crippen LogP contribution in [0.2, 0.25) is 0 Å². The summed E-state index contributed by atoms with van der Waals surface area (Å²) in [4.78, 5) is 23.0. The van der Waals surface area contributed by atoms with Gasteiger partial charge in [0, 0.05) is 18.2 Å². The molecule has 0 spiro atoms. The number of nitrogens with one attached hydrogen (secondary N) is 2. The molecule has 0 atom stereocenters. The maximum atomic E-state index is 13.8. The molecule has 1 aromatic carbocycles. The van der Waals surface area contributed by atoms with Gasteiger partial charge in [-0.2, -0.15) is 0 Å². The molecule has 7 nitrogen and oxygen atoms in total. The largest absolute Gasteiger partial charge is 0.494 e. The SMILES string of the molecule is COc1cc(OC)c(NC(=O)NC2CCC(C(=O)O)CC2)cc1F. The number of methoxy groups -OCH3 is 2. The highest BCUT2D eigenvalue weighted by molar-refractivity contribution is 5.91. The Balaban J connectivity index is 1.95. The van der Waals surface area contributed by atoms with Gasteiger partial charge >= 0.3 is 12.0 Å². The molecule has 24 heavy (non-hydrogen) atoms. The van der Waals surface area contributed by atoms with E-state index in [-0.39, 0.29) is 29.1 Å². The number of hydrogen-bond acceptors (Lipinski definition) is 4. The molecule has 0 radical (unpaired) electrons. The van der Waals surface area contributed by atoms with Gasteiger partial charge in [0.2, 0.25) is 0 Å². The maximum Gasteiger partial charge on any atom is 0.319 e. The van der Waals surface area contributed by atoms with Gasteiger partial charge in [-0.1, -0.05) is 0 Å². The lowest BCUT2D eigenvalue weighted by Gasteiger charge is -2.27. The fraction of sp³-hybridized carbons (Fsp3) is 0.500. The van der Waals surface area contributed by atoms with Crippen molar-refractivity contribution in [3.63, 3.8) is 0 Å². The molecule has 0 aromatic heterocycles. The third-order valence-electron chi connectivity index (χ3n) is 4.13. The summed E-state index contributed by atoms with van der Waals surface area (Å²) in [6, 6.07) is 1.88. The first-order valence-electron chi connectivity index (χ1n) is 7.66. The van der Waals surface area contributed by atoms with Crippen LogP contribution in [0.15, 0.2) is 12.1 Å². The van der Waals surface area contributed by atoms with E-state index in [9.17, 15) is 14.0 Å². The van der Waals surface area contributed by atoms with Crippen molar-refractivity contribution in [1.29, 1.82) is 0 Å². The van der Waals surface area contributed by atoms with Crippen molar-refractivity contribution in [2.45, 2.75) is 31.7 Å². The average Bonchev–Trinajstić information content (AvgIpc) is 2.55. The van der Waals surface area contributed by atoms with Crippen LogP contribution in [0.1, 0.15) is 25.7 Å². The number of halogens is 1. The lowest BCUT2D eigenvalue weighted by atomic mass is 9.86. The number of hydrogen-bond donors (Lipinski definition) is 3. The molecule has 132 valence electrons. The fourth-order valence-electron chi connectivity index (χ4n) is 2.79. The molecule has 1 aliphatic rings. The number of urea groups is 1. The zero-order chi connectivity index (χ0) is 17.7. The highest BCUT2D eigenvalue weighted by Gasteiger charge is 2.26. The molecule has 8 heteroatoms. The first-order valence-corrected chi connectivity index (χ1v) is 7.66. The minimum Gasteiger partial charge on any atom is -0.494 e. The quantitative estimate of drug-likeness (QED) is 0.765. The number of carbonyl (C=O) groups is 2. The van der Waals surface area contributed by atoms with Crippen molar-refractivity contribution in [2.75, 3.05) is 19.5 Å². The normalized spacial score (nSPS) is 20.1. The van der Waals surface area contributed by atoms with Gasteiger partial charge in [0.15, 0.2) is 11.6 Å². The van der Waals surface area contributed by atoms with E-state index < -0.39 is 17.8 Å². The zero-order valence-corrected chi connectivity index (χ0v) is 13.6. The summed E-state index contributed by atoms with van der Waals surface area (Å²) in [7, 11) is 2.74. The minimum atomic E-state index is -0.795. The summed E-state index contributed by atoms with van der Waals surface area (Å²) in [5.74, 6) is -1.46. The first-order chi connectivity index (χ1) is 11.4. The van der Waals surface area contributed by atoms with Gasteiger partial charge in [0.25, 0.3) is 0 Å². The van der Waals surface area contributed by atoms with Gasteiger partial charge in [-0.3, -0.25) is 4.79 Å². The number of aliphatic carboxylic acids is 1. The van der Waals surface area contributed by atoms with Gasteiger partial charge in [0.1, 0.15) is 5.75 Å². The summed E-state index contributed by atoms with van der Waals surface area (Å²) < 4.78 is 23.8. The molecule has 3 N–H and O–H groups in total. The highest BCUT2D eigenvalue weighted by atomic mass is 19.1. The standard InChI is InChI=1S/C16H21FN2O5/c1-23-13-8-14(24-2)12(7-11(13)17)19-16(22)18-10-5-3-9(4-6-10)15(20)21/h7-10H,3-6H2,1-2H3,(H,20,21)(H2,18,19,22). The number of anilines is 1. The Bertz CT molecular complexity index is 615. The van der Waals surface area contributed by atoms with Crippen LogP contribution in [0.3, 0.4) is 0 Å². The van der Waals surface area contributed by atoms with Crippen LogP contribution in [0.5, 0.6) is 11.5 Å². The Labute approximate surface area is 139 Å². The topological polar surface area (TPSA) is 96.9 Å². The molecule has 0 heterocycles. The molecule has 0 bridgehead atoms. The van der Waals surface area contributed by atoms with Crippen molar-refractivity contribution < 1.29 is 28.6 Å². The Morgan fingerprint density at radius 2 is 1.75 bits per heavy atom. The van der Waals surface area contributed by atoms with E-state index in [2.05, 4.69) is 10.6 Å². The Kier molecular flexibility index (Phi) is 5.83. The monoisotopic (exact) mass is 340 g/mol. The summed E-state index contributed by atoms with van der Waals surface area (Å²) in [5, 5.41) is 14.3. The molecule has 2 amide bonds. The fourth-order valence-corrected chi connectivity index (χ4v) is 2.79. The van der Waals surface area contributed by atoms with Gasteiger partial charge < -0.3 is 25.2 Å². The van der Waals surface area contributed by atoms with Crippen molar-refractivity contribution in [3.05, 3.63) is 17.9 Å². The molecule has 1 aromatic rings. The summed E-state index contributed by atoms with van der Waals surface area (Å²) >= 11 is 0. The van der Waals surface area contributed by atoms with Gasteiger partial charge in [0.05, 0.1) is 25.8 Å². The number of carbonyl (C=O) groups excluding carboxylic acids is 1. The number of benzene rings is 1. The number of carboxylic acid groups (broad SMARTS) is 1. The summed E-state index contributed by atoms with van der Waals surface area (Å²) in [6.45, 7) is 0. The molecular weight excluding hydrogens is 319 g/mol. The third-order valence-corrected chi connectivity index (χ3v) is 4.13. The van der Waals surface area contributed by atoms with E-state index in [1.807, 2.05) is 0 Å². The van der Waals surface area contributed by atoms with E-state index in [4.69, 9.17) is 14.6 Å². The predicted molar refractivity (Wildman–Crippen MR) is 85.0 cm³/mol. The van der Waals surface area contributed by atoms with E-state index in [0.29, 0.717) is 25.7 Å². The summed E-state index contributed by atoms with van der Waals surface area (Å²) in [5.41, 5.74) is 0.188. The highest BCUT2D eigenvalue weighted by Crippen LogP contribution is 2.32. The van der Waals surface area contributed by atoms with Crippen LogP contribution in [-0.4, -0.2) is 37.4 Å². The van der Waals surface area contributed by atoms with E-state index in [0.717, 1.165) is 6.07 Å². The van der Waals surface area contributed by atoms with Crippen LogP contribution in [0.4, 0.5) is 14.9 Å². The Morgan fingerprint density at radius 1 is 1.12 bits per heavy atom. The lowest BCUT2D eigenvalue weighted by Crippen LogP contribution is -2.41. The smallest absolute Gasteiger partial charge is 0.319 e. The number of carboxylic acids is 1. The van der Waals surface area contributed by atoms with Crippen molar-refractivity contribution >= 4 is 17.7 Å². The molecule has 0 saturated heterocycles. The Morgan fingerprint density at radius 3 is 2.29 bits per heavy atom. The second kappa shape index (κ2) is 7.85. The van der Waals surface area contributed by atoms with E-state index >= 15 is 0 Å². The molecule has 0 aliphatic heterocycles. The van der Waals surface area contributed by atoms with Crippen molar-refractivity contribution in [3.8, 4) is 11.5 Å². The van der Waals surface area contributed by atoms with Gasteiger partial charge in [-0.05, 0) is 25.7 Å². The lowest BCUT2D eigenvalue weighted by molar-refractivity contribution is -0.142. The van der Waals surface area contributed by atoms with Crippen LogP contribution in [0.25, 0.3) is 0 Å². The van der Waals surface area contributed by atoms with Crippen molar-refractivity contribution in [1.82, 2.24) is 5.32 Å². The van der Waals surface area contributed by atoms with Crippen LogP contribution >= 0.6 is 0 Å². The molecule has 0 unspecified atom stereocenters. The minimum absolute atomic E-state index is 0.0183. The second-order valence-corrected chi connectivity index (χ2v) is 5.67. The van der Waals surface area contributed by atoms with Crippen LogP contribution in [0, 0.1) is 11.7 Å². The second-order valence-electron chi connectivity index (χ2n) is 5.67. The van der Waals surface area contributed by atoms with Gasteiger partial charge in [-0.25, -0.2) is 9.18 Å². The predicted octanol–water partition coefficient (Wildman–Crippen LogP) is 2.61. The van der Waals surface area contributed by atoms with Crippen molar-refractivity contribution in [2.24, 2.45) is 5.92 Å². The zero-order valence-electron chi connectivity index (χ0n) is 13.6. The molecule has 1 saturated carbocycles. The molecular formula is C16H21FN2O5. The third kappa shape index (κ3) is 4.27. The Hall–Kier alpha value is -2.51. The number of ether oxygens (including phenoxy) is 2. The average molecular weight is 340 g/mol. The summed E-state index contributed by atoms with van der Waals surface area (Å²) in [6.07, 6.45) is 2.25. The molecule has 2 rings (SSSR count). The number of amides is 2. The maximum absolute atomic E-state index is 13.8. The van der Waals surface area contributed by atoms with E-state index in [1.165, 1.54) is 20.3 Å². The number of rotatable bonds is 5. The molecule has 1 aliphatic carbocycles. The van der Waals surface area contributed by atoms with Crippen LogP contribution < -0.4 is 20.1 Å².